The lowest BCUT2D eigenvalue weighted by Gasteiger charge is -2.08. The third-order valence-corrected chi connectivity index (χ3v) is 2.65. The number of fused-ring (bicyclic) bond motifs is 1. The molecule has 3 rings (SSSR count). The number of aromatic nitrogens is 3. The minimum absolute atomic E-state index is 0.478. The summed E-state index contributed by atoms with van der Waals surface area (Å²) in [5.74, 6) is 0.593. The van der Waals surface area contributed by atoms with Crippen LogP contribution in [0.15, 0.2) is 41.4 Å². The first kappa shape index (κ1) is 10.5. The highest BCUT2D eigenvalue weighted by Crippen LogP contribution is 2.26. The molecule has 0 atom stereocenters. The van der Waals surface area contributed by atoms with Crippen molar-refractivity contribution in [1.82, 2.24) is 15.1 Å². The molecule has 0 saturated carbocycles. The van der Waals surface area contributed by atoms with Gasteiger partial charge in [-0.15, -0.1) is 0 Å². The van der Waals surface area contributed by atoms with Crippen molar-refractivity contribution in [2.24, 2.45) is 0 Å². The summed E-state index contributed by atoms with van der Waals surface area (Å²) in [6.45, 7) is 0.478. The number of nitrogens with two attached hydrogens (primary N) is 1. The van der Waals surface area contributed by atoms with Gasteiger partial charge in [0, 0.05) is 17.3 Å². The van der Waals surface area contributed by atoms with E-state index < -0.39 is 0 Å². The molecule has 1 aromatic carbocycles. The Morgan fingerprint density at radius 1 is 1.22 bits per heavy atom. The van der Waals surface area contributed by atoms with Crippen LogP contribution in [0.5, 0.6) is 0 Å². The van der Waals surface area contributed by atoms with Gasteiger partial charge in [0.25, 0.3) is 0 Å². The lowest BCUT2D eigenvalue weighted by atomic mass is 10.1. The van der Waals surface area contributed by atoms with Crippen molar-refractivity contribution in [3.05, 3.63) is 42.7 Å². The van der Waals surface area contributed by atoms with Gasteiger partial charge in [0.2, 0.25) is 6.39 Å². The van der Waals surface area contributed by atoms with Gasteiger partial charge in [-0.3, -0.25) is 4.98 Å². The van der Waals surface area contributed by atoms with Gasteiger partial charge in [-0.1, -0.05) is 5.16 Å². The van der Waals surface area contributed by atoms with E-state index in [9.17, 15) is 0 Å². The molecule has 0 fully saturated rings. The van der Waals surface area contributed by atoms with Crippen molar-refractivity contribution >= 4 is 22.3 Å². The van der Waals surface area contributed by atoms with Crippen molar-refractivity contribution in [2.45, 2.75) is 6.54 Å². The zero-order valence-electron chi connectivity index (χ0n) is 9.50. The Labute approximate surface area is 103 Å². The third-order valence-electron chi connectivity index (χ3n) is 2.65. The maximum atomic E-state index is 5.91. The van der Waals surface area contributed by atoms with Crippen LogP contribution in [-0.4, -0.2) is 15.1 Å². The predicted octanol–water partition coefficient (Wildman–Crippen LogP) is 1.81. The third kappa shape index (κ3) is 1.84. The van der Waals surface area contributed by atoms with E-state index in [-0.39, 0.29) is 0 Å². The molecule has 3 N–H and O–H groups in total. The van der Waals surface area contributed by atoms with Gasteiger partial charge < -0.3 is 15.6 Å². The molecule has 0 unspecified atom stereocenters. The van der Waals surface area contributed by atoms with Crippen molar-refractivity contribution in [3.63, 3.8) is 0 Å². The van der Waals surface area contributed by atoms with Crippen molar-refractivity contribution < 1.29 is 4.52 Å². The predicted molar refractivity (Wildman–Crippen MR) is 67.8 cm³/mol. The smallest absolute Gasteiger partial charge is 0.213 e. The summed E-state index contributed by atoms with van der Waals surface area (Å²) in [5, 5.41) is 7.88. The standard InChI is InChI=1S/C12H11N5O/c13-9-3-4-10(12-8(9)2-1-5-14-12)15-6-11-16-7-18-17-11/h1-5,7,15H,6,13H2. The molecular formula is C12H11N5O. The van der Waals surface area contributed by atoms with E-state index in [2.05, 4.69) is 25.0 Å². The first-order valence-corrected chi connectivity index (χ1v) is 5.47. The molecule has 0 aliphatic carbocycles. The quantitative estimate of drug-likeness (QED) is 0.680. The Morgan fingerprint density at radius 2 is 2.17 bits per heavy atom. The second kappa shape index (κ2) is 4.33. The monoisotopic (exact) mass is 241 g/mol. The summed E-state index contributed by atoms with van der Waals surface area (Å²) in [6.07, 6.45) is 3.04. The van der Waals surface area contributed by atoms with Gasteiger partial charge in [0.15, 0.2) is 5.82 Å². The highest BCUT2D eigenvalue weighted by Gasteiger charge is 2.05. The normalized spacial score (nSPS) is 10.7. The van der Waals surface area contributed by atoms with Crippen LogP contribution in [0.1, 0.15) is 5.82 Å². The molecule has 0 bridgehead atoms. The minimum Gasteiger partial charge on any atom is -0.398 e. The Bertz CT molecular complexity index is 665. The van der Waals surface area contributed by atoms with Gasteiger partial charge in [-0.2, -0.15) is 4.98 Å². The summed E-state index contributed by atoms with van der Waals surface area (Å²) in [5.41, 5.74) is 8.35. The molecule has 0 saturated heterocycles. The van der Waals surface area contributed by atoms with E-state index in [1.807, 2.05) is 24.3 Å². The molecule has 0 spiro atoms. The highest BCUT2D eigenvalue weighted by molar-refractivity contribution is 5.98. The Kier molecular flexibility index (Phi) is 2.53. The first-order valence-electron chi connectivity index (χ1n) is 5.47. The molecule has 6 heteroatoms. The van der Waals surface area contributed by atoms with Crippen LogP contribution in [0.4, 0.5) is 11.4 Å². The Morgan fingerprint density at radius 3 is 3.00 bits per heavy atom. The van der Waals surface area contributed by atoms with Gasteiger partial charge in [-0.05, 0) is 24.3 Å². The van der Waals surface area contributed by atoms with Crippen molar-refractivity contribution in [1.29, 1.82) is 0 Å². The fourth-order valence-electron chi connectivity index (χ4n) is 1.78. The molecule has 0 aliphatic heterocycles. The van der Waals surface area contributed by atoms with Gasteiger partial charge >= 0.3 is 0 Å². The molecule has 2 aromatic heterocycles. The van der Waals surface area contributed by atoms with Crippen LogP contribution in [0.3, 0.4) is 0 Å². The molecule has 18 heavy (non-hydrogen) atoms. The van der Waals surface area contributed by atoms with E-state index in [0.717, 1.165) is 16.6 Å². The number of rotatable bonds is 3. The van der Waals surface area contributed by atoms with E-state index in [0.29, 0.717) is 18.1 Å². The summed E-state index contributed by atoms with van der Waals surface area (Å²) < 4.78 is 4.67. The number of hydrogen-bond acceptors (Lipinski definition) is 6. The maximum Gasteiger partial charge on any atom is 0.213 e. The van der Waals surface area contributed by atoms with Crippen LogP contribution in [-0.2, 0) is 6.54 Å². The second-order valence-electron chi connectivity index (χ2n) is 3.80. The van der Waals surface area contributed by atoms with Crippen LogP contribution < -0.4 is 11.1 Å². The van der Waals surface area contributed by atoms with Gasteiger partial charge in [0.1, 0.15) is 0 Å². The molecule has 0 amide bonds. The molecule has 2 heterocycles. The highest BCUT2D eigenvalue weighted by atomic mass is 16.5. The van der Waals surface area contributed by atoms with E-state index >= 15 is 0 Å². The Hall–Kier alpha value is -2.63. The average Bonchev–Trinajstić information content (AvgIpc) is 2.92. The lowest BCUT2D eigenvalue weighted by molar-refractivity contribution is 0.411. The number of nitrogen functional groups attached to an aromatic ring is 1. The first-order chi connectivity index (χ1) is 8.84. The number of pyridine rings is 1. The Balaban J connectivity index is 1.94. The zero-order chi connectivity index (χ0) is 12.4. The molecule has 0 radical (unpaired) electrons. The summed E-state index contributed by atoms with van der Waals surface area (Å²) in [6, 6.07) is 7.55. The fraction of sp³-hybridized carbons (Fsp3) is 0.0833. The molecular weight excluding hydrogens is 230 g/mol. The second-order valence-corrected chi connectivity index (χ2v) is 3.80. The van der Waals surface area contributed by atoms with Crippen LogP contribution in [0.25, 0.3) is 10.9 Å². The van der Waals surface area contributed by atoms with E-state index in [1.165, 1.54) is 6.39 Å². The fourth-order valence-corrected chi connectivity index (χ4v) is 1.78. The van der Waals surface area contributed by atoms with Gasteiger partial charge in [0.05, 0.1) is 17.7 Å². The molecule has 0 aliphatic rings. The number of hydrogen-bond donors (Lipinski definition) is 2. The number of nitrogens with zero attached hydrogens (tertiary/aromatic N) is 3. The summed E-state index contributed by atoms with van der Waals surface area (Å²) in [7, 11) is 0. The topological polar surface area (TPSA) is 89.9 Å². The van der Waals surface area contributed by atoms with Crippen molar-refractivity contribution in [3.8, 4) is 0 Å². The van der Waals surface area contributed by atoms with Gasteiger partial charge in [-0.25, -0.2) is 0 Å². The number of nitrogens with one attached hydrogen (secondary N) is 1. The van der Waals surface area contributed by atoms with Crippen LogP contribution in [0, 0.1) is 0 Å². The van der Waals surface area contributed by atoms with E-state index in [1.54, 1.807) is 6.20 Å². The maximum absolute atomic E-state index is 5.91. The molecule has 90 valence electrons. The van der Waals surface area contributed by atoms with E-state index in [4.69, 9.17) is 5.73 Å². The summed E-state index contributed by atoms with van der Waals surface area (Å²) in [4.78, 5) is 8.28. The molecule has 6 nitrogen and oxygen atoms in total. The largest absolute Gasteiger partial charge is 0.398 e. The zero-order valence-corrected chi connectivity index (χ0v) is 9.50. The SMILES string of the molecule is Nc1ccc(NCc2ncon2)c2ncccc12. The van der Waals surface area contributed by atoms with Crippen molar-refractivity contribution in [2.75, 3.05) is 11.1 Å². The lowest BCUT2D eigenvalue weighted by Crippen LogP contribution is -2.02. The molecule has 3 aromatic rings. The number of anilines is 2. The number of benzene rings is 1. The minimum atomic E-state index is 0.478. The summed E-state index contributed by atoms with van der Waals surface area (Å²) >= 11 is 0. The van der Waals surface area contributed by atoms with Crippen LogP contribution >= 0.6 is 0 Å². The van der Waals surface area contributed by atoms with Crippen LogP contribution in [0.2, 0.25) is 0 Å². The average molecular weight is 241 g/mol.